The summed E-state index contributed by atoms with van der Waals surface area (Å²) < 4.78 is 2.54. The number of aliphatic hydroxyl groups is 1. The topological polar surface area (TPSA) is 102 Å². The molecule has 0 atom stereocenters. The molecule has 0 amide bonds. The number of hydrogen-bond donors (Lipinski definition) is 2. The van der Waals surface area contributed by atoms with Crippen molar-refractivity contribution in [1.82, 2.24) is 14.1 Å². The van der Waals surface area contributed by atoms with E-state index >= 15 is 0 Å². The Morgan fingerprint density at radius 2 is 2.07 bits per heavy atom. The van der Waals surface area contributed by atoms with Crippen molar-refractivity contribution in [3.63, 3.8) is 0 Å². The molecular formula is C20H20ClN5O3. The van der Waals surface area contributed by atoms with E-state index in [-0.39, 0.29) is 13.2 Å². The van der Waals surface area contributed by atoms with Gasteiger partial charge in [0.15, 0.2) is 0 Å². The van der Waals surface area contributed by atoms with Crippen LogP contribution in [0.1, 0.15) is 18.4 Å². The summed E-state index contributed by atoms with van der Waals surface area (Å²) in [5.41, 5.74) is 3.49. The highest BCUT2D eigenvalue weighted by atomic mass is 35.5. The molecule has 1 aliphatic rings. The number of pyridine rings is 1. The fourth-order valence-electron chi connectivity index (χ4n) is 3.17. The molecule has 29 heavy (non-hydrogen) atoms. The lowest BCUT2D eigenvalue weighted by molar-refractivity contribution is 0.269. The van der Waals surface area contributed by atoms with Crippen molar-refractivity contribution >= 4 is 34.5 Å². The molecule has 4 rings (SSSR count). The molecule has 1 fully saturated rings. The van der Waals surface area contributed by atoms with E-state index in [9.17, 15) is 9.59 Å². The Kier molecular flexibility index (Phi) is 5.46. The summed E-state index contributed by atoms with van der Waals surface area (Å²) >= 11 is 6.09. The Bertz CT molecular complexity index is 1200. The number of halogens is 1. The smallest absolute Gasteiger partial charge is 0.332 e. The summed E-state index contributed by atoms with van der Waals surface area (Å²) in [6, 6.07) is 8.55. The summed E-state index contributed by atoms with van der Waals surface area (Å²) in [4.78, 5) is 29.3. The number of benzene rings is 1. The average molecular weight is 414 g/mol. The van der Waals surface area contributed by atoms with Gasteiger partial charge in [-0.1, -0.05) is 11.6 Å². The lowest BCUT2D eigenvalue weighted by Crippen LogP contribution is -2.41. The molecule has 0 saturated heterocycles. The van der Waals surface area contributed by atoms with Crippen molar-refractivity contribution in [2.45, 2.75) is 25.9 Å². The predicted octanol–water partition coefficient (Wildman–Crippen LogP) is 2.06. The van der Waals surface area contributed by atoms with Gasteiger partial charge in [-0.15, -0.1) is 0 Å². The summed E-state index contributed by atoms with van der Waals surface area (Å²) in [6.45, 7) is 0.201. The summed E-state index contributed by atoms with van der Waals surface area (Å²) in [5.74, 6) is 0.748. The van der Waals surface area contributed by atoms with Gasteiger partial charge in [0.05, 0.1) is 24.9 Å². The molecule has 0 radical (unpaired) electrons. The van der Waals surface area contributed by atoms with Gasteiger partial charge in [0, 0.05) is 34.8 Å². The molecule has 8 nitrogen and oxygen atoms in total. The van der Waals surface area contributed by atoms with Gasteiger partial charge in [-0.2, -0.15) is 5.10 Å². The molecular weight excluding hydrogens is 394 g/mol. The second-order valence-corrected chi connectivity index (χ2v) is 7.45. The van der Waals surface area contributed by atoms with Gasteiger partial charge in [-0.05, 0) is 43.0 Å². The minimum Gasteiger partial charge on any atom is -0.395 e. The number of fused-ring (bicyclic) bond motifs is 1. The highest BCUT2D eigenvalue weighted by molar-refractivity contribution is 6.31. The first-order valence-electron chi connectivity index (χ1n) is 9.35. The number of nitrogens with zero attached hydrogens (tertiary/aromatic N) is 4. The summed E-state index contributed by atoms with van der Waals surface area (Å²) in [7, 11) is 0. The Hall–Kier alpha value is -2.97. The van der Waals surface area contributed by atoms with E-state index in [2.05, 4.69) is 15.5 Å². The lowest BCUT2D eigenvalue weighted by atomic mass is 10.1. The molecule has 3 aromatic rings. The van der Waals surface area contributed by atoms with Gasteiger partial charge < -0.3 is 5.11 Å². The van der Waals surface area contributed by atoms with E-state index in [1.807, 2.05) is 12.1 Å². The summed E-state index contributed by atoms with van der Waals surface area (Å²) in [5, 5.41) is 14.8. The third kappa shape index (κ3) is 4.23. The maximum Gasteiger partial charge on any atom is 0.332 e. The minimum atomic E-state index is -0.477. The Balaban J connectivity index is 1.67. The molecule has 2 aromatic heterocycles. The standard InChI is InChI=1S/C20H20ClN5O3/c21-15-3-4-17-16(9-15)14(5-6-22-17)11-23-24-18-10-19(28)25(7-8-27)20(29)26(18)12-13-1-2-13/h3-6,9-11,13,24,27H,1-2,7-8,12H2/b23-11+. The maximum absolute atomic E-state index is 12.7. The van der Waals surface area contributed by atoms with E-state index in [0.29, 0.717) is 23.3 Å². The van der Waals surface area contributed by atoms with Gasteiger partial charge in [0.1, 0.15) is 5.82 Å². The van der Waals surface area contributed by atoms with Gasteiger partial charge in [0.25, 0.3) is 5.56 Å². The first-order chi connectivity index (χ1) is 14.1. The van der Waals surface area contributed by atoms with Gasteiger partial charge in [-0.3, -0.25) is 24.3 Å². The highest BCUT2D eigenvalue weighted by Crippen LogP contribution is 2.30. The van der Waals surface area contributed by atoms with Crippen molar-refractivity contribution in [2.75, 3.05) is 12.0 Å². The van der Waals surface area contributed by atoms with Crippen LogP contribution in [0.5, 0.6) is 0 Å². The highest BCUT2D eigenvalue weighted by Gasteiger charge is 2.24. The Morgan fingerprint density at radius 1 is 1.24 bits per heavy atom. The SMILES string of the molecule is O=c1cc(N/N=C/c2ccnc3ccc(Cl)cc23)n(CC2CC2)c(=O)n1CCO. The van der Waals surface area contributed by atoms with Crippen LogP contribution >= 0.6 is 11.6 Å². The zero-order chi connectivity index (χ0) is 20.4. The van der Waals surface area contributed by atoms with Crippen LogP contribution in [0.15, 0.2) is 51.2 Å². The number of hydrogen-bond acceptors (Lipinski definition) is 6. The van der Waals surface area contributed by atoms with Crippen LogP contribution in [-0.2, 0) is 13.1 Å². The number of anilines is 1. The number of rotatable bonds is 7. The second kappa shape index (κ2) is 8.18. The zero-order valence-electron chi connectivity index (χ0n) is 15.6. The van der Waals surface area contributed by atoms with Crippen LogP contribution in [0.3, 0.4) is 0 Å². The molecule has 0 unspecified atom stereocenters. The fraction of sp³-hybridized carbons (Fsp3) is 0.300. The Morgan fingerprint density at radius 3 is 2.83 bits per heavy atom. The zero-order valence-corrected chi connectivity index (χ0v) is 16.3. The third-order valence-electron chi connectivity index (χ3n) is 4.86. The van der Waals surface area contributed by atoms with Crippen molar-refractivity contribution in [3.05, 3.63) is 68.0 Å². The first kappa shape index (κ1) is 19.4. The molecule has 9 heteroatoms. The summed E-state index contributed by atoms with van der Waals surface area (Å²) in [6.07, 6.45) is 5.39. The predicted molar refractivity (Wildman–Crippen MR) is 113 cm³/mol. The van der Waals surface area contributed by atoms with Crippen LogP contribution < -0.4 is 16.7 Å². The normalized spacial score (nSPS) is 14.0. The molecule has 2 heterocycles. The first-order valence-corrected chi connectivity index (χ1v) is 9.73. The molecule has 1 aliphatic carbocycles. The number of aliphatic hydroxyl groups excluding tert-OH is 1. The maximum atomic E-state index is 12.7. The van der Waals surface area contributed by atoms with Crippen molar-refractivity contribution in [3.8, 4) is 0 Å². The third-order valence-corrected chi connectivity index (χ3v) is 5.10. The molecule has 2 N–H and O–H groups in total. The second-order valence-electron chi connectivity index (χ2n) is 7.01. The molecule has 0 aliphatic heterocycles. The van der Waals surface area contributed by atoms with Gasteiger partial charge in [-0.25, -0.2) is 4.79 Å². The van der Waals surface area contributed by atoms with Crippen LogP contribution in [0.2, 0.25) is 5.02 Å². The number of nitrogens with one attached hydrogen (secondary N) is 1. The van der Waals surface area contributed by atoms with Crippen molar-refractivity contribution < 1.29 is 5.11 Å². The van der Waals surface area contributed by atoms with Crippen LogP contribution in [0.25, 0.3) is 10.9 Å². The monoisotopic (exact) mass is 413 g/mol. The van der Waals surface area contributed by atoms with E-state index in [1.54, 1.807) is 24.5 Å². The lowest BCUT2D eigenvalue weighted by Gasteiger charge is -2.14. The Labute approximate surface area is 171 Å². The van der Waals surface area contributed by atoms with Crippen molar-refractivity contribution in [1.29, 1.82) is 0 Å². The minimum absolute atomic E-state index is 0.0321. The molecule has 0 bridgehead atoms. The van der Waals surface area contributed by atoms with E-state index < -0.39 is 11.2 Å². The van der Waals surface area contributed by atoms with Crippen LogP contribution in [0.4, 0.5) is 5.82 Å². The van der Waals surface area contributed by atoms with Gasteiger partial charge >= 0.3 is 5.69 Å². The molecule has 1 saturated carbocycles. The van der Waals surface area contributed by atoms with E-state index in [4.69, 9.17) is 16.7 Å². The fourth-order valence-corrected chi connectivity index (χ4v) is 3.34. The molecule has 150 valence electrons. The van der Waals surface area contributed by atoms with E-state index in [1.165, 1.54) is 10.6 Å². The quantitative estimate of drug-likeness (QED) is 0.456. The molecule has 0 spiro atoms. The van der Waals surface area contributed by atoms with E-state index in [0.717, 1.165) is 33.9 Å². The van der Waals surface area contributed by atoms with Crippen LogP contribution in [0, 0.1) is 5.92 Å². The number of hydrazone groups is 1. The van der Waals surface area contributed by atoms with Gasteiger partial charge in [0.2, 0.25) is 0 Å². The largest absolute Gasteiger partial charge is 0.395 e. The van der Waals surface area contributed by atoms with Crippen molar-refractivity contribution in [2.24, 2.45) is 11.0 Å². The average Bonchev–Trinajstić information content (AvgIpc) is 3.52. The molecule has 1 aromatic carbocycles. The number of aromatic nitrogens is 3. The van der Waals surface area contributed by atoms with Crippen LogP contribution in [-0.4, -0.2) is 32.0 Å².